The number of halogens is 1. The Bertz CT molecular complexity index is 680. The average molecular weight is 322 g/mol. The minimum Gasteiger partial charge on any atom is -0.395 e. The third kappa shape index (κ3) is 3.79. The van der Waals surface area contributed by atoms with Gasteiger partial charge in [-0.1, -0.05) is 29.4 Å². The first kappa shape index (κ1) is 15.9. The van der Waals surface area contributed by atoms with Gasteiger partial charge in [-0.25, -0.2) is 4.98 Å². The van der Waals surface area contributed by atoms with E-state index in [-0.39, 0.29) is 6.61 Å². The Morgan fingerprint density at radius 2 is 2.29 bits per heavy atom. The number of imidazole rings is 1. The molecular formula is C15H16ClN3OS. The summed E-state index contributed by atoms with van der Waals surface area (Å²) in [6, 6.07) is 9.74. The molecule has 1 atom stereocenters. The Labute approximate surface area is 133 Å². The molecule has 0 aliphatic rings. The monoisotopic (exact) mass is 321 g/mol. The van der Waals surface area contributed by atoms with E-state index in [1.807, 2.05) is 35.9 Å². The topological polar surface area (TPSA) is 61.8 Å². The van der Waals surface area contributed by atoms with E-state index in [1.165, 1.54) is 0 Å². The van der Waals surface area contributed by atoms with Crippen LogP contribution in [-0.4, -0.2) is 21.3 Å². The maximum absolute atomic E-state index is 9.39. The number of aliphatic hydroxyl groups excluding tert-OH is 1. The lowest BCUT2D eigenvalue weighted by Crippen LogP contribution is -2.22. The van der Waals surface area contributed by atoms with Crippen molar-refractivity contribution in [1.82, 2.24) is 9.55 Å². The van der Waals surface area contributed by atoms with Crippen LogP contribution in [0, 0.1) is 16.7 Å². The molecule has 0 saturated carbocycles. The highest BCUT2D eigenvalue weighted by atomic mass is 35.5. The lowest BCUT2D eigenvalue weighted by Gasteiger charge is -2.17. The molecule has 1 heterocycles. The number of hydrogen-bond acceptors (Lipinski definition) is 4. The third-order valence-corrected chi connectivity index (χ3v) is 4.58. The first-order valence-corrected chi connectivity index (χ1v) is 7.62. The summed E-state index contributed by atoms with van der Waals surface area (Å²) in [4.78, 5) is 5.37. The Morgan fingerprint density at radius 1 is 1.52 bits per heavy atom. The molecule has 1 aromatic carbocycles. The SMILES string of the molecule is Cn1cnc(CC(C)(C#N)CO)c1Sc1cccc(Cl)c1. The van der Waals surface area contributed by atoms with E-state index in [0.29, 0.717) is 11.4 Å². The van der Waals surface area contributed by atoms with Crippen molar-refractivity contribution in [2.24, 2.45) is 12.5 Å². The molecule has 110 valence electrons. The predicted octanol–water partition coefficient (Wildman–Crippen LogP) is 3.29. The van der Waals surface area contributed by atoms with E-state index < -0.39 is 5.41 Å². The van der Waals surface area contributed by atoms with Crippen LogP contribution >= 0.6 is 23.4 Å². The number of aliphatic hydroxyl groups is 1. The lowest BCUT2D eigenvalue weighted by molar-refractivity contribution is 0.188. The third-order valence-electron chi connectivity index (χ3n) is 3.14. The van der Waals surface area contributed by atoms with Crippen LogP contribution in [0.15, 0.2) is 40.5 Å². The van der Waals surface area contributed by atoms with Crippen molar-refractivity contribution in [1.29, 1.82) is 5.26 Å². The minimum absolute atomic E-state index is 0.193. The van der Waals surface area contributed by atoms with E-state index in [1.54, 1.807) is 25.0 Å². The smallest absolute Gasteiger partial charge is 0.102 e. The van der Waals surface area contributed by atoms with Crippen molar-refractivity contribution in [2.75, 3.05) is 6.61 Å². The standard InChI is InChI=1S/C15H16ClN3OS/c1-15(8-17,9-20)7-13-14(19(2)10-18-13)21-12-5-3-4-11(16)6-12/h3-6,10,20H,7,9H2,1-2H3. The van der Waals surface area contributed by atoms with Crippen molar-refractivity contribution in [3.05, 3.63) is 41.3 Å². The summed E-state index contributed by atoms with van der Waals surface area (Å²) >= 11 is 7.55. The zero-order valence-electron chi connectivity index (χ0n) is 11.9. The Balaban J connectivity index is 2.29. The van der Waals surface area contributed by atoms with E-state index in [0.717, 1.165) is 15.6 Å². The summed E-state index contributed by atoms with van der Waals surface area (Å²) in [5.74, 6) is 0. The highest BCUT2D eigenvalue weighted by Crippen LogP contribution is 2.33. The molecule has 2 rings (SSSR count). The molecule has 21 heavy (non-hydrogen) atoms. The quantitative estimate of drug-likeness (QED) is 0.918. The van der Waals surface area contributed by atoms with Crippen molar-refractivity contribution in [2.45, 2.75) is 23.3 Å². The largest absolute Gasteiger partial charge is 0.395 e. The second kappa shape index (κ2) is 6.52. The molecule has 1 aromatic heterocycles. The summed E-state index contributed by atoms with van der Waals surface area (Å²) in [6.07, 6.45) is 2.13. The molecule has 0 aliphatic heterocycles. The number of rotatable bonds is 5. The average Bonchev–Trinajstić information content (AvgIpc) is 2.80. The van der Waals surface area contributed by atoms with Gasteiger partial charge in [-0.3, -0.25) is 0 Å². The molecule has 0 aliphatic carbocycles. The molecule has 4 nitrogen and oxygen atoms in total. The minimum atomic E-state index is -0.821. The molecule has 0 bridgehead atoms. The summed E-state index contributed by atoms with van der Waals surface area (Å²) in [7, 11) is 1.91. The number of aromatic nitrogens is 2. The number of aryl methyl sites for hydroxylation is 1. The fraction of sp³-hybridized carbons (Fsp3) is 0.333. The van der Waals surface area contributed by atoms with Crippen LogP contribution in [0.25, 0.3) is 0 Å². The van der Waals surface area contributed by atoms with Gasteiger partial charge in [0.05, 0.1) is 30.1 Å². The maximum Gasteiger partial charge on any atom is 0.102 e. The first-order valence-electron chi connectivity index (χ1n) is 6.43. The summed E-state index contributed by atoms with van der Waals surface area (Å²) in [5, 5.41) is 20.2. The molecule has 0 amide bonds. The fourth-order valence-electron chi connectivity index (χ4n) is 1.86. The molecule has 0 fully saturated rings. The molecular weight excluding hydrogens is 306 g/mol. The van der Waals surface area contributed by atoms with Crippen LogP contribution < -0.4 is 0 Å². The van der Waals surface area contributed by atoms with Crippen molar-refractivity contribution in [3.63, 3.8) is 0 Å². The van der Waals surface area contributed by atoms with Gasteiger partial charge in [-0.05, 0) is 25.1 Å². The van der Waals surface area contributed by atoms with Crippen LogP contribution in [0.4, 0.5) is 0 Å². The summed E-state index contributed by atoms with van der Waals surface area (Å²) < 4.78 is 1.91. The molecule has 1 unspecified atom stereocenters. The van der Waals surface area contributed by atoms with Gasteiger partial charge < -0.3 is 9.67 Å². The second-order valence-electron chi connectivity index (χ2n) is 5.17. The summed E-state index contributed by atoms with van der Waals surface area (Å²) in [5.41, 5.74) is -0.0153. The predicted molar refractivity (Wildman–Crippen MR) is 83.3 cm³/mol. The number of benzene rings is 1. The summed E-state index contributed by atoms with van der Waals surface area (Å²) in [6.45, 7) is 1.54. The van der Waals surface area contributed by atoms with E-state index >= 15 is 0 Å². The van der Waals surface area contributed by atoms with Gasteiger partial charge >= 0.3 is 0 Å². The van der Waals surface area contributed by atoms with Crippen LogP contribution in [0.1, 0.15) is 12.6 Å². The molecule has 0 spiro atoms. The zero-order chi connectivity index (χ0) is 15.5. The molecule has 6 heteroatoms. The maximum atomic E-state index is 9.39. The van der Waals surface area contributed by atoms with E-state index in [4.69, 9.17) is 11.6 Å². The van der Waals surface area contributed by atoms with Crippen molar-refractivity contribution < 1.29 is 5.11 Å². The Morgan fingerprint density at radius 3 is 2.90 bits per heavy atom. The second-order valence-corrected chi connectivity index (χ2v) is 6.67. The normalized spacial score (nSPS) is 13.7. The molecule has 0 saturated heterocycles. The number of hydrogen-bond donors (Lipinski definition) is 1. The fourth-order valence-corrected chi connectivity index (χ4v) is 3.11. The molecule has 2 aromatic rings. The van der Waals surface area contributed by atoms with Gasteiger partial charge in [-0.15, -0.1) is 0 Å². The Hall–Kier alpha value is -1.48. The van der Waals surface area contributed by atoms with E-state index in [9.17, 15) is 10.4 Å². The van der Waals surface area contributed by atoms with Crippen LogP contribution in [0.2, 0.25) is 5.02 Å². The Kier molecular flexibility index (Phi) is 4.94. The molecule has 1 N–H and O–H groups in total. The van der Waals surface area contributed by atoms with Gasteiger partial charge in [0.2, 0.25) is 0 Å². The van der Waals surface area contributed by atoms with Gasteiger partial charge in [0.15, 0.2) is 0 Å². The van der Waals surface area contributed by atoms with Gasteiger partial charge in [0.1, 0.15) is 5.03 Å². The molecule has 0 radical (unpaired) electrons. The van der Waals surface area contributed by atoms with Crippen LogP contribution in [0.5, 0.6) is 0 Å². The van der Waals surface area contributed by atoms with Crippen LogP contribution in [-0.2, 0) is 13.5 Å². The number of nitrogens with zero attached hydrogens (tertiary/aromatic N) is 3. The van der Waals surface area contributed by atoms with Gasteiger partial charge in [0.25, 0.3) is 0 Å². The highest BCUT2D eigenvalue weighted by molar-refractivity contribution is 7.99. The van der Waals surface area contributed by atoms with Crippen LogP contribution in [0.3, 0.4) is 0 Å². The number of nitriles is 1. The van der Waals surface area contributed by atoms with Gasteiger partial charge in [0, 0.05) is 23.4 Å². The van der Waals surface area contributed by atoms with E-state index in [2.05, 4.69) is 11.1 Å². The van der Waals surface area contributed by atoms with Crippen molar-refractivity contribution in [3.8, 4) is 6.07 Å². The highest BCUT2D eigenvalue weighted by Gasteiger charge is 2.26. The first-order chi connectivity index (χ1) is 9.97. The lowest BCUT2D eigenvalue weighted by atomic mass is 9.88. The van der Waals surface area contributed by atoms with Gasteiger partial charge in [-0.2, -0.15) is 5.26 Å². The van der Waals surface area contributed by atoms with Crippen molar-refractivity contribution >= 4 is 23.4 Å². The zero-order valence-corrected chi connectivity index (χ0v) is 13.4.